The number of nitrogens with one attached hydrogen (secondary N) is 1. The molecular formula is C9H19N3O2. The second-order valence-corrected chi connectivity index (χ2v) is 3.40. The van der Waals surface area contributed by atoms with Crippen LogP contribution in [0.15, 0.2) is 0 Å². The van der Waals surface area contributed by atoms with E-state index in [0.717, 1.165) is 13.1 Å². The lowest BCUT2D eigenvalue weighted by Crippen LogP contribution is -2.50. The number of rotatable bonds is 4. The normalized spacial score (nSPS) is 20.4. The maximum absolute atomic E-state index is 11.6. The summed E-state index contributed by atoms with van der Waals surface area (Å²) in [4.78, 5) is 13.7. The molecule has 14 heavy (non-hydrogen) atoms. The molecule has 1 fully saturated rings. The first-order chi connectivity index (χ1) is 6.75. The van der Waals surface area contributed by atoms with Gasteiger partial charge in [-0.1, -0.05) is 0 Å². The number of morpholine rings is 1. The van der Waals surface area contributed by atoms with E-state index in [1.807, 2.05) is 6.92 Å². The molecule has 0 spiro atoms. The lowest BCUT2D eigenvalue weighted by Gasteiger charge is -2.31. The van der Waals surface area contributed by atoms with Crippen LogP contribution in [-0.2, 0) is 9.53 Å². The highest BCUT2D eigenvalue weighted by atomic mass is 16.5. The van der Waals surface area contributed by atoms with Gasteiger partial charge in [-0.2, -0.15) is 0 Å². The van der Waals surface area contributed by atoms with Crippen molar-refractivity contribution < 1.29 is 9.53 Å². The van der Waals surface area contributed by atoms with Gasteiger partial charge in [0.1, 0.15) is 0 Å². The number of hydrogen-bond donors (Lipinski definition) is 2. The summed E-state index contributed by atoms with van der Waals surface area (Å²) in [7, 11) is 0. The molecule has 1 rings (SSSR count). The Balaban J connectivity index is 2.30. The van der Waals surface area contributed by atoms with Gasteiger partial charge in [0.05, 0.1) is 19.3 Å². The summed E-state index contributed by atoms with van der Waals surface area (Å²) in [5.74, 6) is 0.0531. The van der Waals surface area contributed by atoms with Gasteiger partial charge in [-0.25, -0.2) is 0 Å². The second-order valence-electron chi connectivity index (χ2n) is 3.40. The van der Waals surface area contributed by atoms with E-state index >= 15 is 0 Å². The topological polar surface area (TPSA) is 67.6 Å². The van der Waals surface area contributed by atoms with Crippen molar-refractivity contribution in [2.24, 2.45) is 5.73 Å². The Hall–Kier alpha value is -0.650. The van der Waals surface area contributed by atoms with Crippen LogP contribution in [0, 0.1) is 0 Å². The van der Waals surface area contributed by atoms with Crippen molar-refractivity contribution in [1.29, 1.82) is 0 Å². The van der Waals surface area contributed by atoms with Gasteiger partial charge in [0.25, 0.3) is 0 Å². The van der Waals surface area contributed by atoms with Gasteiger partial charge >= 0.3 is 0 Å². The van der Waals surface area contributed by atoms with Gasteiger partial charge in [-0.15, -0.1) is 0 Å². The molecule has 5 nitrogen and oxygen atoms in total. The largest absolute Gasteiger partial charge is 0.379 e. The van der Waals surface area contributed by atoms with E-state index in [1.54, 1.807) is 0 Å². The molecule has 1 aliphatic heterocycles. The van der Waals surface area contributed by atoms with Gasteiger partial charge in [0.2, 0.25) is 5.91 Å². The highest BCUT2D eigenvalue weighted by Gasteiger charge is 2.22. The van der Waals surface area contributed by atoms with Crippen molar-refractivity contribution in [2.75, 3.05) is 39.4 Å². The third-order valence-corrected chi connectivity index (χ3v) is 2.42. The summed E-state index contributed by atoms with van der Waals surface area (Å²) in [6.45, 7) is 6.05. The molecule has 1 saturated heterocycles. The van der Waals surface area contributed by atoms with Crippen LogP contribution in [0.1, 0.15) is 6.92 Å². The standard InChI is InChI=1S/C9H19N3O2/c1-8(9(13)11-3-2-10)12-4-6-14-7-5-12/h8H,2-7,10H2,1H3,(H,11,13). The quantitative estimate of drug-likeness (QED) is 0.598. The third kappa shape index (κ3) is 3.25. The zero-order valence-electron chi connectivity index (χ0n) is 8.66. The first kappa shape index (κ1) is 11.4. The molecule has 0 aromatic rings. The number of hydrogen-bond acceptors (Lipinski definition) is 4. The minimum atomic E-state index is -0.0783. The molecule has 0 aromatic heterocycles. The molecule has 0 bridgehead atoms. The van der Waals surface area contributed by atoms with E-state index in [4.69, 9.17) is 10.5 Å². The summed E-state index contributed by atoms with van der Waals surface area (Å²) in [5.41, 5.74) is 5.31. The molecule has 0 saturated carbocycles. The van der Waals surface area contributed by atoms with E-state index in [0.29, 0.717) is 26.3 Å². The van der Waals surface area contributed by atoms with Crippen LogP contribution in [0.3, 0.4) is 0 Å². The van der Waals surface area contributed by atoms with E-state index in [1.165, 1.54) is 0 Å². The summed E-state index contributed by atoms with van der Waals surface area (Å²) in [5, 5.41) is 2.78. The van der Waals surface area contributed by atoms with E-state index in [9.17, 15) is 4.79 Å². The van der Waals surface area contributed by atoms with Gasteiger partial charge in [-0.3, -0.25) is 9.69 Å². The Labute approximate surface area is 84.6 Å². The van der Waals surface area contributed by atoms with Crippen LogP contribution in [0.5, 0.6) is 0 Å². The maximum Gasteiger partial charge on any atom is 0.237 e. The number of ether oxygens (including phenoxy) is 1. The Morgan fingerprint density at radius 2 is 2.21 bits per heavy atom. The smallest absolute Gasteiger partial charge is 0.237 e. The van der Waals surface area contributed by atoms with Crippen molar-refractivity contribution in [1.82, 2.24) is 10.2 Å². The van der Waals surface area contributed by atoms with Crippen LogP contribution in [0.2, 0.25) is 0 Å². The van der Waals surface area contributed by atoms with Crippen LogP contribution in [0.4, 0.5) is 0 Å². The predicted molar refractivity (Wildman–Crippen MR) is 53.9 cm³/mol. The first-order valence-corrected chi connectivity index (χ1v) is 5.05. The molecule has 1 amide bonds. The number of nitrogens with zero attached hydrogens (tertiary/aromatic N) is 1. The number of nitrogens with two attached hydrogens (primary N) is 1. The highest BCUT2D eigenvalue weighted by molar-refractivity contribution is 5.81. The summed E-state index contributed by atoms with van der Waals surface area (Å²) < 4.78 is 5.22. The Morgan fingerprint density at radius 1 is 1.57 bits per heavy atom. The average molecular weight is 201 g/mol. The monoisotopic (exact) mass is 201 g/mol. The fourth-order valence-electron chi connectivity index (χ4n) is 1.47. The molecule has 3 N–H and O–H groups in total. The fraction of sp³-hybridized carbons (Fsp3) is 0.889. The van der Waals surface area contributed by atoms with Crippen molar-refractivity contribution in [3.63, 3.8) is 0 Å². The number of carbonyl (C=O) groups excluding carboxylic acids is 1. The van der Waals surface area contributed by atoms with Crippen molar-refractivity contribution in [3.8, 4) is 0 Å². The SMILES string of the molecule is CC(C(=O)NCCN)N1CCOCC1. The van der Waals surface area contributed by atoms with Crippen LogP contribution < -0.4 is 11.1 Å². The average Bonchev–Trinajstić information content (AvgIpc) is 2.26. The van der Waals surface area contributed by atoms with Gasteiger partial charge < -0.3 is 15.8 Å². The number of amides is 1. The molecule has 0 aromatic carbocycles. The Morgan fingerprint density at radius 3 is 2.79 bits per heavy atom. The predicted octanol–water partition coefficient (Wildman–Crippen LogP) is -1.22. The molecular weight excluding hydrogens is 182 g/mol. The van der Waals surface area contributed by atoms with Crippen molar-refractivity contribution in [2.45, 2.75) is 13.0 Å². The first-order valence-electron chi connectivity index (χ1n) is 5.05. The van der Waals surface area contributed by atoms with E-state index in [2.05, 4.69) is 10.2 Å². The van der Waals surface area contributed by atoms with E-state index < -0.39 is 0 Å². The lowest BCUT2D eigenvalue weighted by atomic mass is 10.2. The van der Waals surface area contributed by atoms with Crippen molar-refractivity contribution >= 4 is 5.91 Å². The molecule has 1 atom stereocenters. The number of carbonyl (C=O) groups is 1. The zero-order valence-corrected chi connectivity index (χ0v) is 8.66. The Bertz CT molecular complexity index is 181. The Kier molecular flexibility index (Phi) is 4.86. The minimum Gasteiger partial charge on any atom is -0.379 e. The van der Waals surface area contributed by atoms with Gasteiger partial charge in [0, 0.05) is 26.2 Å². The summed E-state index contributed by atoms with van der Waals surface area (Å²) in [6, 6.07) is -0.0783. The second kappa shape index (κ2) is 5.95. The van der Waals surface area contributed by atoms with Gasteiger partial charge in [0.15, 0.2) is 0 Å². The molecule has 0 radical (unpaired) electrons. The van der Waals surface area contributed by atoms with Gasteiger partial charge in [-0.05, 0) is 6.92 Å². The molecule has 1 heterocycles. The molecule has 0 aliphatic carbocycles. The molecule has 5 heteroatoms. The van der Waals surface area contributed by atoms with E-state index in [-0.39, 0.29) is 11.9 Å². The third-order valence-electron chi connectivity index (χ3n) is 2.42. The fourth-order valence-corrected chi connectivity index (χ4v) is 1.47. The molecule has 82 valence electrons. The lowest BCUT2D eigenvalue weighted by molar-refractivity contribution is -0.127. The van der Waals surface area contributed by atoms with Crippen LogP contribution in [0.25, 0.3) is 0 Å². The summed E-state index contributed by atoms with van der Waals surface area (Å²) in [6.07, 6.45) is 0. The zero-order chi connectivity index (χ0) is 10.4. The maximum atomic E-state index is 11.6. The van der Waals surface area contributed by atoms with Crippen LogP contribution >= 0.6 is 0 Å². The minimum absolute atomic E-state index is 0.0531. The van der Waals surface area contributed by atoms with Crippen LogP contribution in [-0.4, -0.2) is 56.2 Å². The van der Waals surface area contributed by atoms with Crippen molar-refractivity contribution in [3.05, 3.63) is 0 Å². The molecule has 1 aliphatic rings. The summed E-state index contributed by atoms with van der Waals surface area (Å²) >= 11 is 0. The highest BCUT2D eigenvalue weighted by Crippen LogP contribution is 2.03. The molecule has 1 unspecified atom stereocenters.